The van der Waals surface area contributed by atoms with Crippen molar-refractivity contribution in [2.45, 2.75) is 13.8 Å². The lowest BCUT2D eigenvalue weighted by atomic mass is 10.2. The molecule has 2 N–H and O–H groups in total. The Kier molecular flexibility index (Phi) is 2.90. The van der Waals surface area contributed by atoms with Crippen molar-refractivity contribution < 1.29 is 0 Å². The van der Waals surface area contributed by atoms with Crippen LogP contribution in [0.5, 0.6) is 0 Å². The van der Waals surface area contributed by atoms with Gasteiger partial charge in [-0.1, -0.05) is 0 Å². The highest BCUT2D eigenvalue weighted by Crippen LogP contribution is 2.23. The van der Waals surface area contributed by atoms with Crippen LogP contribution >= 0.6 is 0 Å². The number of nitrogens with zero attached hydrogens (tertiary/aromatic N) is 3. The largest absolute Gasteiger partial charge is 0.399 e. The number of benzene rings is 1. The number of hydrogen-bond donors (Lipinski definition) is 1. The second-order valence-corrected chi connectivity index (χ2v) is 3.65. The molecule has 1 aromatic carbocycles. The Morgan fingerprint density at radius 2 is 1.94 bits per heavy atom. The summed E-state index contributed by atoms with van der Waals surface area (Å²) in [5.41, 5.74) is 7.37. The van der Waals surface area contributed by atoms with Gasteiger partial charge in [0.1, 0.15) is 12.1 Å². The molecule has 0 radical (unpaired) electrons. The van der Waals surface area contributed by atoms with E-state index in [4.69, 9.17) is 5.73 Å². The molecule has 0 spiro atoms. The summed E-state index contributed by atoms with van der Waals surface area (Å²) in [5, 5.41) is 1.06. The number of anilines is 2. The Morgan fingerprint density at radius 1 is 1.19 bits per heavy atom. The molecule has 0 amide bonds. The highest BCUT2D eigenvalue weighted by atomic mass is 15.2. The molecule has 1 heterocycles. The highest BCUT2D eigenvalue weighted by molar-refractivity contribution is 5.91. The number of nitrogen functional groups attached to an aromatic ring is 1. The molecule has 0 unspecified atom stereocenters. The van der Waals surface area contributed by atoms with Crippen LogP contribution < -0.4 is 10.6 Å². The first-order chi connectivity index (χ1) is 7.76. The van der Waals surface area contributed by atoms with Crippen molar-refractivity contribution >= 4 is 22.4 Å². The number of aromatic nitrogens is 2. The second-order valence-electron chi connectivity index (χ2n) is 3.65. The molecule has 16 heavy (non-hydrogen) atoms. The Bertz CT molecular complexity index is 491. The summed E-state index contributed by atoms with van der Waals surface area (Å²) in [4.78, 5) is 10.8. The zero-order valence-corrected chi connectivity index (χ0v) is 9.64. The molecule has 0 atom stereocenters. The maximum absolute atomic E-state index is 5.74. The fourth-order valence-corrected chi connectivity index (χ4v) is 1.84. The minimum atomic E-state index is 0.733. The van der Waals surface area contributed by atoms with Crippen LogP contribution in [-0.4, -0.2) is 23.1 Å². The van der Waals surface area contributed by atoms with Crippen molar-refractivity contribution in [2.75, 3.05) is 23.7 Å². The third-order valence-corrected chi connectivity index (χ3v) is 2.70. The zero-order valence-electron chi connectivity index (χ0n) is 9.64. The molecule has 0 saturated carbocycles. The number of hydrogen-bond acceptors (Lipinski definition) is 4. The van der Waals surface area contributed by atoms with Gasteiger partial charge >= 0.3 is 0 Å². The van der Waals surface area contributed by atoms with Crippen molar-refractivity contribution in [3.05, 3.63) is 24.5 Å². The summed E-state index contributed by atoms with van der Waals surface area (Å²) in [6, 6.07) is 5.75. The molecule has 2 aromatic rings. The smallest absolute Gasteiger partial charge is 0.139 e. The Balaban J connectivity index is 2.61. The fourth-order valence-electron chi connectivity index (χ4n) is 1.84. The molecular formula is C12H16N4. The van der Waals surface area contributed by atoms with Crippen molar-refractivity contribution in [2.24, 2.45) is 0 Å². The molecule has 2 rings (SSSR count). The van der Waals surface area contributed by atoms with E-state index in [-0.39, 0.29) is 0 Å². The van der Waals surface area contributed by atoms with Gasteiger partial charge in [-0.25, -0.2) is 9.97 Å². The lowest BCUT2D eigenvalue weighted by molar-refractivity contribution is 0.849. The molecule has 1 aromatic heterocycles. The quantitative estimate of drug-likeness (QED) is 0.798. The Labute approximate surface area is 95.1 Å². The predicted octanol–water partition coefficient (Wildman–Crippen LogP) is 2.06. The summed E-state index contributed by atoms with van der Waals surface area (Å²) < 4.78 is 0. The van der Waals surface area contributed by atoms with E-state index in [0.29, 0.717) is 0 Å². The molecule has 0 aliphatic rings. The summed E-state index contributed by atoms with van der Waals surface area (Å²) in [6.07, 6.45) is 1.59. The van der Waals surface area contributed by atoms with E-state index in [1.165, 1.54) is 0 Å². The van der Waals surface area contributed by atoms with Gasteiger partial charge in [-0.3, -0.25) is 0 Å². The molecule has 4 nitrogen and oxygen atoms in total. The first kappa shape index (κ1) is 10.7. The average molecular weight is 216 g/mol. The van der Waals surface area contributed by atoms with Crippen LogP contribution in [0.15, 0.2) is 24.5 Å². The maximum atomic E-state index is 5.74. The van der Waals surface area contributed by atoms with E-state index in [9.17, 15) is 0 Å². The molecule has 0 aliphatic carbocycles. The van der Waals surface area contributed by atoms with Crippen LogP contribution in [0.3, 0.4) is 0 Å². The van der Waals surface area contributed by atoms with E-state index in [1.807, 2.05) is 18.2 Å². The summed E-state index contributed by atoms with van der Waals surface area (Å²) >= 11 is 0. The van der Waals surface area contributed by atoms with E-state index >= 15 is 0 Å². The van der Waals surface area contributed by atoms with Gasteiger partial charge in [-0.15, -0.1) is 0 Å². The SMILES string of the molecule is CCN(CC)c1ncnc2cc(N)ccc12. The molecule has 4 heteroatoms. The van der Waals surface area contributed by atoms with Crippen LogP contribution in [0.1, 0.15) is 13.8 Å². The van der Waals surface area contributed by atoms with Crippen LogP contribution in [0.2, 0.25) is 0 Å². The van der Waals surface area contributed by atoms with Crippen LogP contribution in [0, 0.1) is 0 Å². The minimum absolute atomic E-state index is 0.733. The van der Waals surface area contributed by atoms with Gasteiger partial charge in [0, 0.05) is 24.2 Å². The third kappa shape index (κ3) is 1.78. The standard InChI is InChI=1S/C12H16N4/c1-3-16(4-2)12-10-6-5-9(13)7-11(10)14-8-15-12/h5-8H,3-4,13H2,1-2H3. The number of rotatable bonds is 3. The van der Waals surface area contributed by atoms with Gasteiger partial charge < -0.3 is 10.6 Å². The van der Waals surface area contributed by atoms with Gasteiger partial charge in [-0.05, 0) is 32.0 Å². The van der Waals surface area contributed by atoms with Gasteiger partial charge in [0.2, 0.25) is 0 Å². The van der Waals surface area contributed by atoms with Gasteiger partial charge in [-0.2, -0.15) is 0 Å². The lowest BCUT2D eigenvalue weighted by Gasteiger charge is -2.20. The van der Waals surface area contributed by atoms with Gasteiger partial charge in [0.05, 0.1) is 5.52 Å². The lowest BCUT2D eigenvalue weighted by Crippen LogP contribution is -2.23. The summed E-state index contributed by atoms with van der Waals surface area (Å²) in [5.74, 6) is 0.981. The van der Waals surface area contributed by atoms with Crippen LogP contribution in [0.25, 0.3) is 10.9 Å². The van der Waals surface area contributed by atoms with Crippen LogP contribution in [-0.2, 0) is 0 Å². The minimum Gasteiger partial charge on any atom is -0.399 e. The topological polar surface area (TPSA) is 55.0 Å². The van der Waals surface area contributed by atoms with E-state index < -0.39 is 0 Å². The van der Waals surface area contributed by atoms with E-state index in [1.54, 1.807) is 6.33 Å². The van der Waals surface area contributed by atoms with Crippen LogP contribution in [0.4, 0.5) is 11.5 Å². The normalized spacial score (nSPS) is 10.6. The summed E-state index contributed by atoms with van der Waals surface area (Å²) in [6.45, 7) is 6.11. The van der Waals surface area contributed by atoms with Gasteiger partial charge in [0.25, 0.3) is 0 Å². The van der Waals surface area contributed by atoms with Gasteiger partial charge in [0.15, 0.2) is 0 Å². The fraction of sp³-hybridized carbons (Fsp3) is 0.333. The van der Waals surface area contributed by atoms with Crippen molar-refractivity contribution in [1.82, 2.24) is 9.97 Å². The van der Waals surface area contributed by atoms with Crippen molar-refractivity contribution in [3.8, 4) is 0 Å². The highest BCUT2D eigenvalue weighted by Gasteiger charge is 2.08. The molecule has 0 fully saturated rings. The van der Waals surface area contributed by atoms with Crippen molar-refractivity contribution in [1.29, 1.82) is 0 Å². The zero-order chi connectivity index (χ0) is 11.5. The first-order valence-corrected chi connectivity index (χ1v) is 5.51. The second kappa shape index (κ2) is 4.35. The average Bonchev–Trinajstić information content (AvgIpc) is 2.30. The number of nitrogens with two attached hydrogens (primary N) is 1. The van der Waals surface area contributed by atoms with E-state index in [2.05, 4.69) is 28.7 Å². The molecule has 84 valence electrons. The number of fused-ring (bicyclic) bond motifs is 1. The van der Waals surface area contributed by atoms with E-state index in [0.717, 1.165) is 35.5 Å². The molecule has 0 saturated heterocycles. The predicted molar refractivity (Wildman–Crippen MR) is 67.5 cm³/mol. The third-order valence-electron chi connectivity index (χ3n) is 2.70. The Morgan fingerprint density at radius 3 is 2.62 bits per heavy atom. The first-order valence-electron chi connectivity index (χ1n) is 5.51. The Hall–Kier alpha value is -1.84. The molecule has 0 aliphatic heterocycles. The maximum Gasteiger partial charge on any atom is 0.139 e. The van der Waals surface area contributed by atoms with Crippen molar-refractivity contribution in [3.63, 3.8) is 0 Å². The monoisotopic (exact) mass is 216 g/mol. The molecule has 0 bridgehead atoms. The molecular weight excluding hydrogens is 200 g/mol. The summed E-state index contributed by atoms with van der Waals surface area (Å²) in [7, 11) is 0.